The normalized spacial score (nSPS) is 9.40. The largest absolute Gasteiger partial charge is 0.330 e. The lowest BCUT2D eigenvalue weighted by molar-refractivity contribution is 1.47. The van der Waals surface area contributed by atoms with Gasteiger partial charge in [0.2, 0.25) is 0 Å². The standard InChI is InChI=1S/C8H11NS/c1-7-5-3-4-6-8(7)9-10-2/h3-6,9H,1-2H3. The molecule has 54 valence electrons. The Bertz CT molecular complexity index is 210. The maximum atomic E-state index is 3.19. The number of benzene rings is 1. The van der Waals surface area contributed by atoms with Crippen LogP contribution < -0.4 is 4.72 Å². The summed E-state index contributed by atoms with van der Waals surface area (Å²) < 4.78 is 3.19. The Labute approximate surface area is 66.0 Å². The third-order valence-electron chi connectivity index (χ3n) is 1.36. The topological polar surface area (TPSA) is 12.0 Å². The van der Waals surface area contributed by atoms with Gasteiger partial charge in [0.15, 0.2) is 0 Å². The summed E-state index contributed by atoms with van der Waals surface area (Å²) in [7, 11) is 0. The van der Waals surface area contributed by atoms with Gasteiger partial charge in [-0.25, -0.2) is 0 Å². The first-order chi connectivity index (χ1) is 4.84. The Morgan fingerprint density at radius 2 is 2.00 bits per heavy atom. The van der Waals surface area contributed by atoms with E-state index < -0.39 is 0 Å². The van der Waals surface area contributed by atoms with Crippen molar-refractivity contribution in [3.8, 4) is 0 Å². The minimum Gasteiger partial charge on any atom is -0.330 e. The summed E-state index contributed by atoms with van der Waals surface area (Å²) in [4.78, 5) is 0. The van der Waals surface area contributed by atoms with E-state index in [2.05, 4.69) is 23.8 Å². The van der Waals surface area contributed by atoms with Crippen LogP contribution in [0.25, 0.3) is 0 Å². The molecular weight excluding hydrogens is 142 g/mol. The number of rotatable bonds is 2. The summed E-state index contributed by atoms with van der Waals surface area (Å²) in [6.45, 7) is 2.10. The van der Waals surface area contributed by atoms with Gasteiger partial charge in [0, 0.05) is 11.9 Å². The van der Waals surface area contributed by atoms with Crippen molar-refractivity contribution in [2.24, 2.45) is 0 Å². The highest BCUT2D eigenvalue weighted by Crippen LogP contribution is 2.15. The highest BCUT2D eigenvalue weighted by atomic mass is 32.2. The molecule has 0 bridgehead atoms. The maximum Gasteiger partial charge on any atom is 0.0469 e. The second-order valence-electron chi connectivity index (χ2n) is 2.12. The van der Waals surface area contributed by atoms with Gasteiger partial charge >= 0.3 is 0 Å². The van der Waals surface area contributed by atoms with Gasteiger partial charge in [0.05, 0.1) is 0 Å². The van der Waals surface area contributed by atoms with Crippen molar-refractivity contribution < 1.29 is 0 Å². The molecule has 2 heteroatoms. The van der Waals surface area contributed by atoms with E-state index >= 15 is 0 Å². The van der Waals surface area contributed by atoms with Crippen LogP contribution in [-0.4, -0.2) is 6.26 Å². The quantitative estimate of drug-likeness (QED) is 0.655. The van der Waals surface area contributed by atoms with Gasteiger partial charge in [0.1, 0.15) is 0 Å². The van der Waals surface area contributed by atoms with E-state index in [1.807, 2.05) is 18.4 Å². The second kappa shape index (κ2) is 3.52. The Morgan fingerprint density at radius 3 is 2.60 bits per heavy atom. The van der Waals surface area contributed by atoms with Crippen LogP contribution in [0.3, 0.4) is 0 Å². The molecule has 0 spiro atoms. The molecule has 0 unspecified atom stereocenters. The molecule has 10 heavy (non-hydrogen) atoms. The first kappa shape index (κ1) is 7.48. The molecule has 0 amide bonds. The van der Waals surface area contributed by atoms with Gasteiger partial charge in [-0.2, -0.15) is 0 Å². The molecule has 1 N–H and O–H groups in total. The molecule has 1 aromatic rings. The van der Waals surface area contributed by atoms with Crippen LogP contribution in [0.15, 0.2) is 24.3 Å². The van der Waals surface area contributed by atoms with Gasteiger partial charge in [-0.1, -0.05) is 30.1 Å². The maximum absolute atomic E-state index is 3.19. The molecule has 0 aliphatic carbocycles. The fourth-order valence-electron chi connectivity index (χ4n) is 0.797. The summed E-state index contributed by atoms with van der Waals surface area (Å²) in [6, 6.07) is 8.25. The first-order valence-electron chi connectivity index (χ1n) is 3.19. The summed E-state index contributed by atoms with van der Waals surface area (Å²) in [5.41, 5.74) is 2.49. The van der Waals surface area contributed by atoms with Crippen molar-refractivity contribution in [1.29, 1.82) is 0 Å². The Hall–Kier alpha value is -0.630. The van der Waals surface area contributed by atoms with Gasteiger partial charge < -0.3 is 4.72 Å². The van der Waals surface area contributed by atoms with Gasteiger partial charge in [-0.3, -0.25) is 0 Å². The Balaban J connectivity index is 2.81. The number of anilines is 1. The summed E-state index contributed by atoms with van der Waals surface area (Å²) in [6.07, 6.45) is 2.02. The second-order valence-corrected chi connectivity index (χ2v) is 2.73. The predicted molar refractivity (Wildman–Crippen MR) is 48.3 cm³/mol. The van der Waals surface area contributed by atoms with Crippen molar-refractivity contribution in [1.82, 2.24) is 0 Å². The van der Waals surface area contributed by atoms with E-state index in [4.69, 9.17) is 0 Å². The van der Waals surface area contributed by atoms with E-state index in [0.29, 0.717) is 0 Å². The number of hydrogen-bond donors (Lipinski definition) is 1. The molecule has 0 aliphatic rings. The van der Waals surface area contributed by atoms with E-state index in [0.717, 1.165) is 0 Å². The fraction of sp³-hybridized carbons (Fsp3) is 0.250. The van der Waals surface area contributed by atoms with Gasteiger partial charge in [-0.05, 0) is 18.6 Å². The molecule has 0 fully saturated rings. The average molecular weight is 153 g/mol. The first-order valence-corrected chi connectivity index (χ1v) is 4.41. The zero-order chi connectivity index (χ0) is 7.40. The number of hydrogen-bond acceptors (Lipinski definition) is 2. The average Bonchev–Trinajstić information content (AvgIpc) is 1.94. The molecule has 0 heterocycles. The van der Waals surface area contributed by atoms with Crippen molar-refractivity contribution in [2.75, 3.05) is 11.0 Å². The molecule has 0 saturated carbocycles. The summed E-state index contributed by atoms with van der Waals surface area (Å²) in [5, 5.41) is 0. The summed E-state index contributed by atoms with van der Waals surface area (Å²) >= 11 is 1.62. The number of para-hydroxylation sites is 1. The van der Waals surface area contributed by atoms with Crippen LogP contribution >= 0.6 is 11.9 Å². The monoisotopic (exact) mass is 153 g/mol. The van der Waals surface area contributed by atoms with Gasteiger partial charge in [0.25, 0.3) is 0 Å². The third-order valence-corrected chi connectivity index (χ3v) is 1.78. The Kier molecular flexibility index (Phi) is 2.63. The molecule has 0 atom stereocenters. The predicted octanol–water partition coefficient (Wildman–Crippen LogP) is 2.68. The van der Waals surface area contributed by atoms with Crippen LogP contribution in [0.2, 0.25) is 0 Å². The Morgan fingerprint density at radius 1 is 1.30 bits per heavy atom. The number of aryl methyl sites for hydroxylation is 1. The van der Waals surface area contributed by atoms with Crippen molar-refractivity contribution in [2.45, 2.75) is 6.92 Å². The van der Waals surface area contributed by atoms with Crippen molar-refractivity contribution >= 4 is 17.6 Å². The van der Waals surface area contributed by atoms with E-state index in [9.17, 15) is 0 Å². The SMILES string of the molecule is CSNc1ccccc1C. The minimum absolute atomic E-state index is 1.20. The van der Waals surface area contributed by atoms with Crippen LogP contribution in [0.4, 0.5) is 5.69 Å². The van der Waals surface area contributed by atoms with Crippen LogP contribution in [-0.2, 0) is 0 Å². The molecule has 0 radical (unpaired) electrons. The van der Waals surface area contributed by atoms with Crippen LogP contribution in [0.5, 0.6) is 0 Å². The molecule has 0 aliphatic heterocycles. The highest BCUT2D eigenvalue weighted by molar-refractivity contribution is 7.99. The summed E-state index contributed by atoms with van der Waals surface area (Å²) in [5.74, 6) is 0. The number of nitrogens with one attached hydrogen (secondary N) is 1. The smallest absolute Gasteiger partial charge is 0.0469 e. The van der Waals surface area contributed by atoms with E-state index in [-0.39, 0.29) is 0 Å². The zero-order valence-electron chi connectivity index (χ0n) is 6.22. The molecule has 1 aromatic carbocycles. The lowest BCUT2D eigenvalue weighted by Crippen LogP contribution is -1.86. The van der Waals surface area contributed by atoms with Crippen LogP contribution in [0.1, 0.15) is 5.56 Å². The van der Waals surface area contributed by atoms with Gasteiger partial charge in [-0.15, -0.1) is 0 Å². The zero-order valence-corrected chi connectivity index (χ0v) is 7.03. The molecule has 1 nitrogen and oxygen atoms in total. The van der Waals surface area contributed by atoms with Crippen molar-refractivity contribution in [3.05, 3.63) is 29.8 Å². The third kappa shape index (κ3) is 1.67. The van der Waals surface area contributed by atoms with E-state index in [1.54, 1.807) is 11.9 Å². The molecule has 0 saturated heterocycles. The van der Waals surface area contributed by atoms with Crippen molar-refractivity contribution in [3.63, 3.8) is 0 Å². The molecule has 1 rings (SSSR count). The minimum atomic E-state index is 1.20. The highest BCUT2D eigenvalue weighted by Gasteiger charge is 1.91. The van der Waals surface area contributed by atoms with Crippen LogP contribution in [0, 0.1) is 6.92 Å². The lowest BCUT2D eigenvalue weighted by Gasteiger charge is -2.03. The lowest BCUT2D eigenvalue weighted by atomic mass is 10.2. The van der Waals surface area contributed by atoms with E-state index in [1.165, 1.54) is 11.3 Å². The molecule has 0 aromatic heterocycles. The fourth-order valence-corrected chi connectivity index (χ4v) is 1.25. The molecular formula is C8H11NS.